The third-order valence-electron chi connectivity index (χ3n) is 3.10. The summed E-state index contributed by atoms with van der Waals surface area (Å²) in [5.74, 6) is 0.614. The number of nitrogens with two attached hydrogens (primary N) is 1. The predicted molar refractivity (Wildman–Crippen MR) is 81.6 cm³/mol. The average molecular weight is 307 g/mol. The molecule has 0 heterocycles. The smallest absolute Gasteiger partial charge is 0.272 e. The maximum Gasteiger partial charge on any atom is 0.272 e. The fourth-order valence-corrected chi connectivity index (χ4v) is 2.29. The van der Waals surface area contributed by atoms with Crippen LogP contribution in [0, 0.1) is 10.1 Å². The molecule has 0 aromatic heterocycles. The normalized spacial score (nSPS) is 10.4. The third-order valence-corrected chi connectivity index (χ3v) is 3.45. The van der Waals surface area contributed by atoms with E-state index in [-0.39, 0.29) is 17.2 Å². The van der Waals surface area contributed by atoms with Gasteiger partial charge in [-0.1, -0.05) is 35.9 Å². The van der Waals surface area contributed by atoms with Gasteiger partial charge in [0.05, 0.1) is 11.5 Å². The molecule has 0 fully saturated rings. The summed E-state index contributed by atoms with van der Waals surface area (Å²) in [6.45, 7) is 0.596. The standard InChI is InChI=1S/C15H15ClN2O3/c16-13-5-3-7-15(12(13)10-17)21-9-8-11-4-1-2-6-14(11)18(19)20/h1-7H,8-10,17H2. The van der Waals surface area contributed by atoms with E-state index in [0.29, 0.717) is 29.4 Å². The van der Waals surface area contributed by atoms with Crippen LogP contribution in [0.3, 0.4) is 0 Å². The SMILES string of the molecule is NCc1c(Cl)cccc1OCCc1ccccc1[N+](=O)[O-]. The summed E-state index contributed by atoms with van der Waals surface area (Å²) < 4.78 is 5.66. The van der Waals surface area contributed by atoms with Gasteiger partial charge < -0.3 is 10.5 Å². The Labute approximate surface area is 127 Å². The Morgan fingerprint density at radius 2 is 1.95 bits per heavy atom. The van der Waals surface area contributed by atoms with Crippen LogP contribution in [-0.2, 0) is 13.0 Å². The Bertz CT molecular complexity index is 647. The van der Waals surface area contributed by atoms with Gasteiger partial charge in [0.25, 0.3) is 5.69 Å². The first-order chi connectivity index (χ1) is 10.1. The Balaban J connectivity index is 2.06. The fraction of sp³-hybridized carbons (Fsp3) is 0.200. The van der Waals surface area contributed by atoms with E-state index < -0.39 is 0 Å². The molecule has 110 valence electrons. The van der Waals surface area contributed by atoms with E-state index in [4.69, 9.17) is 22.1 Å². The Hall–Kier alpha value is -2.11. The van der Waals surface area contributed by atoms with Gasteiger partial charge in [-0.2, -0.15) is 0 Å². The van der Waals surface area contributed by atoms with E-state index >= 15 is 0 Å². The molecule has 6 heteroatoms. The highest BCUT2D eigenvalue weighted by Crippen LogP contribution is 2.26. The van der Waals surface area contributed by atoms with Crippen molar-refractivity contribution in [1.29, 1.82) is 0 Å². The van der Waals surface area contributed by atoms with Crippen molar-refractivity contribution in [3.63, 3.8) is 0 Å². The van der Waals surface area contributed by atoms with Crippen LogP contribution in [0.1, 0.15) is 11.1 Å². The second kappa shape index (κ2) is 7.06. The number of halogens is 1. The van der Waals surface area contributed by atoms with E-state index in [1.165, 1.54) is 6.07 Å². The Morgan fingerprint density at radius 1 is 1.19 bits per heavy atom. The number of hydrogen-bond donors (Lipinski definition) is 1. The minimum atomic E-state index is -0.389. The fourth-order valence-electron chi connectivity index (χ4n) is 2.04. The summed E-state index contributed by atoms with van der Waals surface area (Å²) in [7, 11) is 0. The number of benzene rings is 2. The highest BCUT2D eigenvalue weighted by atomic mass is 35.5. The van der Waals surface area contributed by atoms with Gasteiger partial charge in [-0.05, 0) is 12.1 Å². The summed E-state index contributed by atoms with van der Waals surface area (Å²) in [4.78, 5) is 10.5. The molecule has 2 N–H and O–H groups in total. The summed E-state index contributed by atoms with van der Waals surface area (Å²) in [5, 5.41) is 11.5. The first-order valence-electron chi connectivity index (χ1n) is 6.46. The number of nitrogens with zero attached hydrogens (tertiary/aromatic N) is 1. The van der Waals surface area contributed by atoms with Crippen LogP contribution in [-0.4, -0.2) is 11.5 Å². The lowest BCUT2D eigenvalue weighted by molar-refractivity contribution is -0.385. The van der Waals surface area contributed by atoms with Crippen LogP contribution >= 0.6 is 11.6 Å². The van der Waals surface area contributed by atoms with Crippen molar-refractivity contribution in [3.05, 3.63) is 68.7 Å². The minimum absolute atomic E-state index is 0.103. The number of hydrogen-bond acceptors (Lipinski definition) is 4. The molecule has 2 aromatic carbocycles. The van der Waals surface area contributed by atoms with Crippen LogP contribution in [0.5, 0.6) is 5.75 Å². The molecule has 0 aliphatic heterocycles. The maximum atomic E-state index is 10.9. The van der Waals surface area contributed by atoms with Gasteiger partial charge in [-0.15, -0.1) is 0 Å². The summed E-state index contributed by atoms with van der Waals surface area (Å²) in [6, 6.07) is 11.9. The summed E-state index contributed by atoms with van der Waals surface area (Å²) >= 11 is 6.04. The van der Waals surface area contributed by atoms with E-state index in [9.17, 15) is 10.1 Å². The quantitative estimate of drug-likeness (QED) is 0.656. The molecule has 0 unspecified atom stereocenters. The van der Waals surface area contributed by atoms with Crippen LogP contribution in [0.25, 0.3) is 0 Å². The number of rotatable bonds is 6. The largest absolute Gasteiger partial charge is 0.493 e. The van der Waals surface area contributed by atoms with Crippen molar-refractivity contribution in [1.82, 2.24) is 0 Å². The maximum absolute atomic E-state index is 10.9. The molecule has 0 saturated heterocycles. The van der Waals surface area contributed by atoms with Gasteiger partial charge in [0.2, 0.25) is 0 Å². The molecule has 0 radical (unpaired) electrons. The van der Waals surface area contributed by atoms with Crippen LogP contribution < -0.4 is 10.5 Å². The molecular weight excluding hydrogens is 292 g/mol. The number of nitro groups is 1. The monoisotopic (exact) mass is 306 g/mol. The van der Waals surface area contributed by atoms with E-state index in [0.717, 1.165) is 5.56 Å². The lowest BCUT2D eigenvalue weighted by Gasteiger charge is -2.11. The molecule has 0 saturated carbocycles. The van der Waals surface area contributed by atoms with Crippen molar-refractivity contribution >= 4 is 17.3 Å². The first kappa shape index (κ1) is 15.3. The molecule has 0 spiro atoms. The molecule has 0 amide bonds. The Morgan fingerprint density at radius 3 is 2.67 bits per heavy atom. The van der Waals surface area contributed by atoms with Crippen molar-refractivity contribution < 1.29 is 9.66 Å². The molecule has 2 rings (SSSR count). The first-order valence-corrected chi connectivity index (χ1v) is 6.84. The zero-order chi connectivity index (χ0) is 15.2. The van der Waals surface area contributed by atoms with Crippen molar-refractivity contribution in [2.45, 2.75) is 13.0 Å². The predicted octanol–water partition coefficient (Wildman–Crippen LogP) is 3.33. The molecule has 2 aromatic rings. The summed E-state index contributed by atoms with van der Waals surface area (Å²) in [5.41, 5.74) is 7.12. The molecule has 0 aliphatic rings. The van der Waals surface area contributed by atoms with Crippen LogP contribution in [0.2, 0.25) is 5.02 Å². The van der Waals surface area contributed by atoms with Crippen LogP contribution in [0.4, 0.5) is 5.69 Å². The van der Waals surface area contributed by atoms with E-state index in [1.54, 1.807) is 36.4 Å². The molecule has 21 heavy (non-hydrogen) atoms. The molecule has 0 atom stereocenters. The zero-order valence-corrected chi connectivity index (χ0v) is 12.0. The van der Waals surface area contributed by atoms with Crippen LogP contribution in [0.15, 0.2) is 42.5 Å². The molecule has 0 bridgehead atoms. The molecule has 5 nitrogen and oxygen atoms in total. The third kappa shape index (κ3) is 3.71. The van der Waals surface area contributed by atoms with Gasteiger partial charge in [-0.3, -0.25) is 10.1 Å². The van der Waals surface area contributed by atoms with E-state index in [2.05, 4.69) is 0 Å². The van der Waals surface area contributed by atoms with Crippen molar-refractivity contribution in [2.24, 2.45) is 5.73 Å². The zero-order valence-electron chi connectivity index (χ0n) is 11.3. The van der Waals surface area contributed by atoms with Crippen molar-refractivity contribution in [3.8, 4) is 5.75 Å². The van der Waals surface area contributed by atoms with Gasteiger partial charge in [0.1, 0.15) is 5.75 Å². The van der Waals surface area contributed by atoms with Gasteiger partial charge in [0.15, 0.2) is 0 Å². The number of para-hydroxylation sites is 1. The molecule has 0 aliphatic carbocycles. The highest BCUT2D eigenvalue weighted by Gasteiger charge is 2.12. The number of nitro benzene ring substituents is 1. The highest BCUT2D eigenvalue weighted by molar-refractivity contribution is 6.31. The van der Waals surface area contributed by atoms with E-state index in [1.807, 2.05) is 0 Å². The summed E-state index contributed by atoms with van der Waals surface area (Å²) in [6.07, 6.45) is 0.438. The lowest BCUT2D eigenvalue weighted by atomic mass is 10.1. The second-order valence-electron chi connectivity index (χ2n) is 4.40. The molecular formula is C15H15ClN2O3. The second-order valence-corrected chi connectivity index (χ2v) is 4.81. The van der Waals surface area contributed by atoms with Crippen molar-refractivity contribution in [2.75, 3.05) is 6.61 Å². The topological polar surface area (TPSA) is 78.4 Å². The van der Waals surface area contributed by atoms with Gasteiger partial charge in [-0.25, -0.2) is 0 Å². The number of ether oxygens (including phenoxy) is 1. The lowest BCUT2D eigenvalue weighted by Crippen LogP contribution is -2.07. The van der Waals surface area contributed by atoms with Gasteiger partial charge >= 0.3 is 0 Å². The average Bonchev–Trinajstić information content (AvgIpc) is 2.48. The van der Waals surface area contributed by atoms with Gasteiger partial charge in [0, 0.05) is 35.2 Å². The minimum Gasteiger partial charge on any atom is -0.493 e. The Kier molecular flexibility index (Phi) is 5.14.